The first-order valence-electron chi connectivity index (χ1n) is 6.28. The number of carbonyl (C=O) groups excluding carboxylic acids is 2. The number of carbonyl (C=O) groups is 3. The van der Waals surface area contributed by atoms with Gasteiger partial charge in [0.25, 0.3) is 0 Å². The van der Waals surface area contributed by atoms with Gasteiger partial charge in [-0.05, 0) is 13.8 Å². The summed E-state index contributed by atoms with van der Waals surface area (Å²) in [6.07, 6.45) is -0.370. The van der Waals surface area contributed by atoms with Gasteiger partial charge in [0.05, 0.1) is 11.2 Å². The second-order valence-corrected chi connectivity index (χ2v) is 6.91. The number of nitrogens with one attached hydrogen (secondary N) is 3. The molecule has 0 spiro atoms. The predicted octanol–water partition coefficient (Wildman–Crippen LogP) is -0.748. The van der Waals surface area contributed by atoms with E-state index in [4.69, 9.17) is 5.11 Å². The lowest BCUT2D eigenvalue weighted by Gasteiger charge is -2.17. The average molecular weight is 323 g/mol. The van der Waals surface area contributed by atoms with Gasteiger partial charge in [-0.1, -0.05) is 6.92 Å². The van der Waals surface area contributed by atoms with Crippen LogP contribution in [0, 0.1) is 5.41 Å². The third-order valence-electron chi connectivity index (χ3n) is 2.46. The van der Waals surface area contributed by atoms with Gasteiger partial charge in [0.1, 0.15) is 0 Å². The Bertz CT molecular complexity index is 500. The molecule has 4 N–H and O–H groups in total. The van der Waals surface area contributed by atoms with Gasteiger partial charge in [0.15, 0.2) is 0 Å². The molecule has 0 heterocycles. The maximum atomic E-state index is 11.5. The number of hydrogen-bond donors (Lipinski definition) is 4. The average Bonchev–Trinajstić information content (AvgIpc) is 2.26. The SMILES string of the molecule is CCNS(=O)(=O)CCNC(=O)NC(=O)CC(C)(C)C(=O)O. The van der Waals surface area contributed by atoms with Crippen molar-refractivity contribution in [3.63, 3.8) is 0 Å². The van der Waals surface area contributed by atoms with E-state index in [1.54, 1.807) is 6.92 Å². The number of rotatable bonds is 8. The number of carboxylic acid groups (broad SMARTS) is 1. The van der Waals surface area contributed by atoms with E-state index in [9.17, 15) is 22.8 Å². The predicted molar refractivity (Wildman–Crippen MR) is 75.0 cm³/mol. The van der Waals surface area contributed by atoms with Crippen LogP contribution in [0.4, 0.5) is 4.79 Å². The summed E-state index contributed by atoms with van der Waals surface area (Å²) < 4.78 is 24.8. The smallest absolute Gasteiger partial charge is 0.321 e. The molecule has 0 fully saturated rings. The Balaban J connectivity index is 4.17. The van der Waals surface area contributed by atoms with E-state index < -0.39 is 33.3 Å². The number of carboxylic acids is 1. The minimum absolute atomic E-state index is 0.170. The lowest BCUT2D eigenvalue weighted by atomic mass is 9.89. The number of urea groups is 1. The molecule has 9 nitrogen and oxygen atoms in total. The molecule has 0 rings (SSSR count). The van der Waals surface area contributed by atoms with Crippen LogP contribution in [0.3, 0.4) is 0 Å². The molecule has 0 atom stereocenters. The van der Waals surface area contributed by atoms with Crippen molar-refractivity contribution in [2.75, 3.05) is 18.8 Å². The number of sulfonamides is 1. The second kappa shape index (κ2) is 7.93. The lowest BCUT2D eigenvalue weighted by Crippen LogP contribution is -2.44. The Labute approximate surface area is 123 Å². The van der Waals surface area contributed by atoms with Gasteiger partial charge in [-0.25, -0.2) is 17.9 Å². The lowest BCUT2D eigenvalue weighted by molar-refractivity contribution is -0.149. The number of amides is 3. The first kappa shape index (κ1) is 19.3. The largest absolute Gasteiger partial charge is 0.481 e. The highest BCUT2D eigenvalue weighted by atomic mass is 32.2. The van der Waals surface area contributed by atoms with Crippen LogP contribution in [0.5, 0.6) is 0 Å². The third kappa shape index (κ3) is 8.25. The number of imide groups is 1. The van der Waals surface area contributed by atoms with E-state index in [1.807, 2.05) is 5.32 Å². The molecule has 0 saturated heterocycles. The van der Waals surface area contributed by atoms with Gasteiger partial charge in [-0.15, -0.1) is 0 Å². The highest BCUT2D eigenvalue weighted by molar-refractivity contribution is 7.89. The van der Waals surface area contributed by atoms with Gasteiger partial charge in [-0.3, -0.25) is 14.9 Å². The Kier molecular flexibility index (Phi) is 7.30. The van der Waals surface area contributed by atoms with Crippen LogP contribution in [0.25, 0.3) is 0 Å². The zero-order valence-electron chi connectivity index (χ0n) is 12.2. The zero-order chi connectivity index (χ0) is 16.7. The Hall–Kier alpha value is -1.68. The van der Waals surface area contributed by atoms with Crippen LogP contribution in [0.2, 0.25) is 0 Å². The minimum Gasteiger partial charge on any atom is -0.481 e. The molecule has 0 saturated carbocycles. The second-order valence-electron chi connectivity index (χ2n) is 4.99. The van der Waals surface area contributed by atoms with Gasteiger partial charge in [0, 0.05) is 19.5 Å². The van der Waals surface area contributed by atoms with Crippen LogP contribution in [0.15, 0.2) is 0 Å². The fourth-order valence-electron chi connectivity index (χ4n) is 1.28. The molecule has 0 unspecified atom stereocenters. The van der Waals surface area contributed by atoms with E-state index in [0.29, 0.717) is 0 Å². The van der Waals surface area contributed by atoms with Crippen LogP contribution < -0.4 is 15.4 Å². The standard InChI is InChI=1S/C11H21N3O6S/c1-4-13-21(19,20)6-5-12-10(18)14-8(15)7-11(2,3)9(16)17/h13H,4-7H2,1-3H3,(H,16,17)(H2,12,14,15,18). The maximum Gasteiger partial charge on any atom is 0.321 e. The Morgan fingerprint density at radius 1 is 1.19 bits per heavy atom. The molecular weight excluding hydrogens is 302 g/mol. The zero-order valence-corrected chi connectivity index (χ0v) is 13.0. The van der Waals surface area contributed by atoms with E-state index in [0.717, 1.165) is 0 Å². The highest BCUT2D eigenvalue weighted by Gasteiger charge is 2.30. The molecular formula is C11H21N3O6S. The van der Waals surface area contributed by atoms with Gasteiger partial charge < -0.3 is 10.4 Å². The van der Waals surface area contributed by atoms with Crippen molar-refractivity contribution in [2.24, 2.45) is 5.41 Å². The fourth-order valence-corrected chi connectivity index (χ4v) is 2.24. The molecule has 0 aliphatic heterocycles. The number of aliphatic carboxylic acids is 1. The van der Waals surface area contributed by atoms with Crippen LogP contribution in [-0.2, 0) is 19.6 Å². The molecule has 10 heteroatoms. The molecule has 0 aliphatic carbocycles. The minimum atomic E-state index is -3.45. The van der Waals surface area contributed by atoms with Crippen molar-refractivity contribution in [1.82, 2.24) is 15.4 Å². The van der Waals surface area contributed by atoms with Crippen LogP contribution >= 0.6 is 0 Å². The summed E-state index contributed by atoms with van der Waals surface area (Å²) in [5.74, 6) is -2.23. The normalized spacial score (nSPS) is 11.8. The van der Waals surface area contributed by atoms with Crippen molar-refractivity contribution < 1.29 is 27.9 Å². The Morgan fingerprint density at radius 2 is 1.76 bits per heavy atom. The summed E-state index contributed by atoms with van der Waals surface area (Å²) in [6.45, 7) is 4.42. The summed E-state index contributed by atoms with van der Waals surface area (Å²) in [5.41, 5.74) is -1.29. The Morgan fingerprint density at radius 3 is 2.24 bits per heavy atom. The van der Waals surface area contributed by atoms with Crippen LogP contribution in [0.1, 0.15) is 27.2 Å². The van der Waals surface area contributed by atoms with E-state index >= 15 is 0 Å². The van der Waals surface area contributed by atoms with Gasteiger partial charge in [-0.2, -0.15) is 0 Å². The summed E-state index contributed by atoms with van der Waals surface area (Å²) in [7, 11) is -3.45. The molecule has 0 radical (unpaired) electrons. The molecule has 0 aromatic heterocycles. The van der Waals surface area contributed by atoms with E-state index in [1.165, 1.54) is 13.8 Å². The summed E-state index contributed by atoms with van der Waals surface area (Å²) in [6, 6.07) is -0.868. The van der Waals surface area contributed by atoms with E-state index in [2.05, 4.69) is 10.0 Å². The molecule has 3 amide bonds. The fraction of sp³-hybridized carbons (Fsp3) is 0.727. The molecule has 0 aromatic rings. The first-order chi connectivity index (χ1) is 9.50. The quantitative estimate of drug-likeness (QED) is 0.463. The summed E-state index contributed by atoms with van der Waals surface area (Å²) >= 11 is 0. The van der Waals surface area contributed by atoms with Crippen molar-refractivity contribution in [3.8, 4) is 0 Å². The van der Waals surface area contributed by atoms with Crippen molar-refractivity contribution >= 4 is 27.9 Å². The monoisotopic (exact) mass is 323 g/mol. The molecule has 0 aromatic carbocycles. The number of hydrogen-bond acceptors (Lipinski definition) is 5. The summed E-state index contributed by atoms with van der Waals surface area (Å²) in [5, 5.41) is 13.0. The van der Waals surface area contributed by atoms with Crippen LogP contribution in [-0.4, -0.2) is 50.3 Å². The van der Waals surface area contributed by atoms with Crippen molar-refractivity contribution in [1.29, 1.82) is 0 Å². The van der Waals surface area contributed by atoms with Gasteiger partial charge in [0.2, 0.25) is 15.9 Å². The summed E-state index contributed by atoms with van der Waals surface area (Å²) in [4.78, 5) is 33.6. The molecule has 122 valence electrons. The van der Waals surface area contributed by atoms with Crippen molar-refractivity contribution in [2.45, 2.75) is 27.2 Å². The molecule has 0 bridgehead atoms. The topological polar surface area (TPSA) is 142 Å². The van der Waals surface area contributed by atoms with Gasteiger partial charge >= 0.3 is 12.0 Å². The third-order valence-corrected chi connectivity index (χ3v) is 3.93. The molecule has 0 aliphatic rings. The van der Waals surface area contributed by atoms with Crippen molar-refractivity contribution in [3.05, 3.63) is 0 Å². The first-order valence-corrected chi connectivity index (χ1v) is 7.94. The maximum absolute atomic E-state index is 11.5. The highest BCUT2D eigenvalue weighted by Crippen LogP contribution is 2.19. The molecule has 21 heavy (non-hydrogen) atoms. The van der Waals surface area contributed by atoms with E-state index in [-0.39, 0.29) is 25.3 Å².